The highest BCUT2D eigenvalue weighted by Crippen LogP contribution is 2.49. The van der Waals surface area contributed by atoms with E-state index in [0.717, 1.165) is 58.2 Å². The number of rotatable bonds is 8. The van der Waals surface area contributed by atoms with Gasteiger partial charge in [0.05, 0.1) is 0 Å². The molecule has 2 saturated carbocycles. The van der Waals surface area contributed by atoms with E-state index in [4.69, 9.17) is 4.74 Å². The average Bonchev–Trinajstić information content (AvgIpc) is 2.69. The summed E-state index contributed by atoms with van der Waals surface area (Å²) < 4.78 is 5.73. The largest absolute Gasteiger partial charge is 0.462 e. The highest BCUT2D eigenvalue weighted by Gasteiger charge is 2.54. The molecule has 5 atom stereocenters. The fraction of sp³-hybridized carbons (Fsp3) is 0.957. The lowest BCUT2D eigenvalue weighted by Gasteiger charge is -2.49. The summed E-state index contributed by atoms with van der Waals surface area (Å²) in [6.45, 7) is 14.1. The van der Waals surface area contributed by atoms with Crippen molar-refractivity contribution in [1.29, 1.82) is 0 Å². The van der Waals surface area contributed by atoms with Crippen molar-refractivity contribution in [2.45, 2.75) is 85.2 Å². The van der Waals surface area contributed by atoms with Gasteiger partial charge < -0.3 is 14.7 Å². The van der Waals surface area contributed by atoms with Gasteiger partial charge in [-0.05, 0) is 56.0 Å². The van der Waals surface area contributed by atoms with Gasteiger partial charge in [0.25, 0.3) is 0 Å². The zero-order valence-corrected chi connectivity index (χ0v) is 18.4. The highest BCUT2D eigenvalue weighted by molar-refractivity contribution is 5.80. The van der Waals surface area contributed by atoms with Crippen LogP contribution in [0.3, 0.4) is 0 Å². The van der Waals surface area contributed by atoms with Crippen LogP contribution in [-0.2, 0) is 9.53 Å². The van der Waals surface area contributed by atoms with Gasteiger partial charge >= 0.3 is 5.97 Å². The minimum atomic E-state index is -1.31. The Morgan fingerprint density at radius 3 is 2.22 bits per heavy atom. The Morgan fingerprint density at radius 1 is 1.00 bits per heavy atom. The molecular formula is C23H43NO3. The van der Waals surface area contributed by atoms with Crippen LogP contribution in [0.15, 0.2) is 0 Å². The summed E-state index contributed by atoms with van der Waals surface area (Å²) in [6.07, 6.45) is 7.39. The summed E-state index contributed by atoms with van der Waals surface area (Å²) in [4.78, 5) is 15.5. The second-order valence-corrected chi connectivity index (χ2v) is 9.20. The first kappa shape index (κ1) is 22.7. The predicted octanol–water partition coefficient (Wildman–Crippen LogP) is 4.50. The molecule has 0 radical (unpaired) electrons. The number of esters is 1. The van der Waals surface area contributed by atoms with Crippen molar-refractivity contribution >= 4 is 5.97 Å². The molecule has 27 heavy (non-hydrogen) atoms. The molecule has 158 valence electrons. The van der Waals surface area contributed by atoms with Gasteiger partial charge in [-0.2, -0.15) is 0 Å². The second kappa shape index (κ2) is 10.2. The van der Waals surface area contributed by atoms with Gasteiger partial charge in [0.2, 0.25) is 0 Å². The van der Waals surface area contributed by atoms with Gasteiger partial charge in [0.1, 0.15) is 6.61 Å². The van der Waals surface area contributed by atoms with Crippen molar-refractivity contribution in [2.75, 3.05) is 26.2 Å². The van der Waals surface area contributed by atoms with Crippen LogP contribution in [0, 0.1) is 29.6 Å². The zero-order chi connectivity index (χ0) is 20.0. The van der Waals surface area contributed by atoms with E-state index in [1.54, 1.807) is 0 Å². The fourth-order valence-corrected chi connectivity index (χ4v) is 5.56. The van der Waals surface area contributed by atoms with Crippen LogP contribution in [0.2, 0.25) is 0 Å². The summed E-state index contributed by atoms with van der Waals surface area (Å²) in [5, 5.41) is 11.9. The molecule has 2 rings (SSSR count). The molecule has 0 saturated heterocycles. The Bertz CT molecular complexity index is 459. The molecule has 0 aliphatic heterocycles. The normalized spacial score (nSPS) is 32.3. The molecule has 1 N–H and O–H groups in total. The first-order chi connectivity index (χ1) is 12.9. The van der Waals surface area contributed by atoms with E-state index in [1.165, 1.54) is 6.42 Å². The number of carbonyl (C=O) groups is 1. The summed E-state index contributed by atoms with van der Waals surface area (Å²) in [5.74, 6) is 1.26. The van der Waals surface area contributed by atoms with Gasteiger partial charge in [-0.3, -0.25) is 0 Å². The summed E-state index contributed by atoms with van der Waals surface area (Å²) in [7, 11) is 0. The quantitative estimate of drug-likeness (QED) is 0.629. The Morgan fingerprint density at radius 2 is 1.63 bits per heavy atom. The molecule has 0 heterocycles. The number of hydrogen-bond acceptors (Lipinski definition) is 4. The van der Waals surface area contributed by atoms with E-state index in [2.05, 4.69) is 39.5 Å². The fourth-order valence-electron chi connectivity index (χ4n) is 5.56. The Kier molecular flexibility index (Phi) is 8.61. The molecule has 4 heteroatoms. The van der Waals surface area contributed by atoms with Crippen molar-refractivity contribution in [3.63, 3.8) is 0 Å². The molecule has 0 aromatic carbocycles. The lowest BCUT2D eigenvalue weighted by molar-refractivity contribution is -0.191. The number of hydrogen-bond donors (Lipinski definition) is 1. The van der Waals surface area contributed by atoms with Gasteiger partial charge in [-0.1, -0.05) is 60.3 Å². The first-order valence-corrected chi connectivity index (χ1v) is 11.5. The maximum Gasteiger partial charge on any atom is 0.338 e. The van der Waals surface area contributed by atoms with Crippen LogP contribution >= 0.6 is 0 Å². The lowest BCUT2D eigenvalue weighted by Crippen LogP contribution is -2.57. The smallest absolute Gasteiger partial charge is 0.338 e. The van der Waals surface area contributed by atoms with Gasteiger partial charge in [-0.15, -0.1) is 0 Å². The lowest BCUT2D eigenvalue weighted by atomic mass is 9.58. The Hall–Kier alpha value is -0.610. The maximum absolute atomic E-state index is 13.3. The summed E-state index contributed by atoms with van der Waals surface area (Å²) in [6, 6.07) is 0. The van der Waals surface area contributed by atoms with Crippen LogP contribution in [-0.4, -0.2) is 47.8 Å². The van der Waals surface area contributed by atoms with E-state index in [0.29, 0.717) is 24.4 Å². The van der Waals surface area contributed by atoms with Crippen LogP contribution in [0.25, 0.3) is 0 Å². The van der Waals surface area contributed by atoms with E-state index >= 15 is 0 Å². The Labute approximate surface area is 167 Å². The number of ether oxygens (including phenoxy) is 1. The van der Waals surface area contributed by atoms with E-state index in [9.17, 15) is 9.90 Å². The second-order valence-electron chi connectivity index (χ2n) is 9.20. The minimum absolute atomic E-state index is 0.0211. The molecule has 4 nitrogen and oxygen atoms in total. The highest BCUT2D eigenvalue weighted by atomic mass is 16.5. The summed E-state index contributed by atoms with van der Waals surface area (Å²) >= 11 is 0. The molecule has 2 aliphatic rings. The van der Waals surface area contributed by atoms with E-state index in [1.807, 2.05) is 0 Å². The molecule has 0 amide bonds. The first-order valence-electron chi connectivity index (χ1n) is 11.5. The standard InChI is InChI=1S/C23H43NO3/c1-6-24(7-2)15-16-27-22(25)23(26,20-11-9-8-10-12-20)21-14-13-17(3)18(4)19(21)5/h17-21,26H,6-16H2,1-5H3/t17-,18-,19-,21+,23+/m0/s1. The van der Waals surface area contributed by atoms with Crippen LogP contribution in [0.4, 0.5) is 0 Å². The monoisotopic (exact) mass is 381 g/mol. The molecule has 0 spiro atoms. The third-order valence-electron chi connectivity index (χ3n) is 7.95. The third kappa shape index (κ3) is 5.06. The number of likely N-dealkylation sites (N-methyl/N-ethyl adjacent to an activating group) is 1. The van der Waals surface area contributed by atoms with Crippen molar-refractivity contribution in [2.24, 2.45) is 29.6 Å². The zero-order valence-electron chi connectivity index (χ0n) is 18.4. The van der Waals surface area contributed by atoms with Crippen molar-refractivity contribution < 1.29 is 14.6 Å². The topological polar surface area (TPSA) is 49.8 Å². The van der Waals surface area contributed by atoms with Crippen LogP contribution < -0.4 is 0 Å². The molecular weight excluding hydrogens is 338 g/mol. The minimum Gasteiger partial charge on any atom is -0.462 e. The molecule has 0 aromatic rings. The molecule has 0 aromatic heterocycles. The average molecular weight is 382 g/mol. The van der Waals surface area contributed by atoms with E-state index in [-0.39, 0.29) is 17.8 Å². The maximum atomic E-state index is 13.3. The number of nitrogens with zero attached hydrogens (tertiary/aromatic N) is 1. The van der Waals surface area contributed by atoms with Gasteiger partial charge in [-0.25, -0.2) is 4.79 Å². The van der Waals surface area contributed by atoms with Crippen LogP contribution in [0.5, 0.6) is 0 Å². The van der Waals surface area contributed by atoms with Gasteiger partial charge in [0.15, 0.2) is 5.60 Å². The molecule has 2 fully saturated rings. The predicted molar refractivity (Wildman–Crippen MR) is 110 cm³/mol. The number of carbonyl (C=O) groups excluding carboxylic acids is 1. The third-order valence-corrected chi connectivity index (χ3v) is 7.95. The SMILES string of the molecule is CCN(CC)CCOC(=O)[C@@](O)(C1CCCCC1)[C@@H]1CC[C@H](C)[C@H](C)[C@@H]1C. The Balaban J connectivity index is 2.15. The van der Waals surface area contributed by atoms with Crippen molar-refractivity contribution in [1.82, 2.24) is 4.90 Å². The number of aliphatic hydroxyl groups is 1. The van der Waals surface area contributed by atoms with Crippen LogP contribution in [0.1, 0.15) is 79.6 Å². The molecule has 2 aliphatic carbocycles. The molecule has 0 unspecified atom stereocenters. The van der Waals surface area contributed by atoms with Gasteiger partial charge in [0, 0.05) is 12.5 Å². The van der Waals surface area contributed by atoms with Crippen molar-refractivity contribution in [3.8, 4) is 0 Å². The molecule has 0 bridgehead atoms. The summed E-state index contributed by atoms with van der Waals surface area (Å²) in [5.41, 5.74) is -1.31. The van der Waals surface area contributed by atoms with E-state index < -0.39 is 5.60 Å². The van der Waals surface area contributed by atoms with Crippen molar-refractivity contribution in [3.05, 3.63) is 0 Å².